The van der Waals surface area contributed by atoms with Gasteiger partial charge in [-0.05, 0) is 25.5 Å². The van der Waals surface area contributed by atoms with E-state index in [1.807, 2.05) is 18.5 Å². The van der Waals surface area contributed by atoms with Gasteiger partial charge in [-0.15, -0.1) is 0 Å². The van der Waals surface area contributed by atoms with Gasteiger partial charge in [0.15, 0.2) is 0 Å². The maximum absolute atomic E-state index is 4.48. The summed E-state index contributed by atoms with van der Waals surface area (Å²) >= 11 is 0. The molecule has 0 fully saturated rings. The lowest BCUT2D eigenvalue weighted by molar-refractivity contribution is 0.481. The van der Waals surface area contributed by atoms with E-state index in [0.717, 1.165) is 44.0 Å². The van der Waals surface area contributed by atoms with Gasteiger partial charge in [0.1, 0.15) is 11.6 Å². The van der Waals surface area contributed by atoms with E-state index in [1.165, 1.54) is 0 Å². The lowest BCUT2D eigenvalue weighted by Gasteiger charge is -2.17. The Balaban J connectivity index is 2.13. The summed E-state index contributed by atoms with van der Waals surface area (Å²) in [5.74, 6) is 1.93. The fourth-order valence-electron chi connectivity index (χ4n) is 2.22. The predicted molar refractivity (Wildman–Crippen MR) is 79.3 cm³/mol. The van der Waals surface area contributed by atoms with Crippen LogP contribution in [-0.2, 0) is 13.0 Å². The Kier molecular flexibility index (Phi) is 5.68. The molecule has 0 amide bonds. The van der Waals surface area contributed by atoms with Gasteiger partial charge in [-0.25, -0.2) is 15.0 Å². The fourth-order valence-corrected chi connectivity index (χ4v) is 2.22. The molecule has 0 aromatic carbocycles. The van der Waals surface area contributed by atoms with Crippen LogP contribution in [0.25, 0.3) is 0 Å². The summed E-state index contributed by atoms with van der Waals surface area (Å²) in [4.78, 5) is 13.2. The third kappa shape index (κ3) is 3.87. The summed E-state index contributed by atoms with van der Waals surface area (Å²) in [6.45, 7) is 6.30. The SMILES string of the molecule is CCCNC(Cc1nccn1CCC)c1ncccn1. The topological polar surface area (TPSA) is 55.6 Å². The van der Waals surface area contributed by atoms with E-state index in [9.17, 15) is 0 Å². The lowest BCUT2D eigenvalue weighted by atomic mass is 10.1. The van der Waals surface area contributed by atoms with Crippen molar-refractivity contribution >= 4 is 0 Å². The molecule has 108 valence electrons. The largest absolute Gasteiger partial charge is 0.335 e. The molecule has 5 heteroatoms. The Morgan fingerprint density at radius 1 is 1.10 bits per heavy atom. The van der Waals surface area contributed by atoms with Gasteiger partial charge in [-0.3, -0.25) is 0 Å². The van der Waals surface area contributed by atoms with Crippen LogP contribution in [0.4, 0.5) is 0 Å². The quantitative estimate of drug-likeness (QED) is 0.802. The second-order valence-electron chi connectivity index (χ2n) is 4.85. The van der Waals surface area contributed by atoms with E-state index in [2.05, 4.69) is 38.7 Å². The molecule has 5 nitrogen and oxygen atoms in total. The lowest BCUT2D eigenvalue weighted by Crippen LogP contribution is -2.27. The van der Waals surface area contributed by atoms with Crippen LogP contribution in [0.15, 0.2) is 30.9 Å². The molecule has 1 unspecified atom stereocenters. The van der Waals surface area contributed by atoms with Crippen molar-refractivity contribution in [2.24, 2.45) is 0 Å². The van der Waals surface area contributed by atoms with Crippen molar-refractivity contribution in [3.05, 3.63) is 42.5 Å². The van der Waals surface area contributed by atoms with Crippen molar-refractivity contribution in [3.8, 4) is 0 Å². The Morgan fingerprint density at radius 3 is 2.60 bits per heavy atom. The molecule has 0 bridgehead atoms. The van der Waals surface area contributed by atoms with Crippen LogP contribution >= 0.6 is 0 Å². The van der Waals surface area contributed by atoms with Crippen molar-refractivity contribution in [2.45, 2.75) is 45.7 Å². The molecule has 0 aliphatic carbocycles. The van der Waals surface area contributed by atoms with Crippen molar-refractivity contribution in [2.75, 3.05) is 6.54 Å². The molecule has 2 aromatic rings. The second kappa shape index (κ2) is 7.75. The first-order valence-electron chi connectivity index (χ1n) is 7.35. The van der Waals surface area contributed by atoms with Gasteiger partial charge >= 0.3 is 0 Å². The van der Waals surface area contributed by atoms with Gasteiger partial charge < -0.3 is 9.88 Å². The molecular weight excluding hydrogens is 250 g/mol. The standard InChI is InChI=1S/C15H23N5/c1-3-6-16-13(15-18-7-5-8-19-15)12-14-17-9-11-20(14)10-4-2/h5,7-9,11,13,16H,3-4,6,10,12H2,1-2H3. The van der Waals surface area contributed by atoms with Gasteiger partial charge in [-0.1, -0.05) is 13.8 Å². The first-order chi connectivity index (χ1) is 9.85. The highest BCUT2D eigenvalue weighted by Crippen LogP contribution is 2.14. The highest BCUT2D eigenvalue weighted by Gasteiger charge is 2.16. The molecule has 0 aliphatic heterocycles. The number of aryl methyl sites for hydroxylation is 1. The first kappa shape index (κ1) is 14.7. The third-order valence-corrected chi connectivity index (χ3v) is 3.19. The molecule has 2 heterocycles. The van der Waals surface area contributed by atoms with Gasteiger partial charge in [0.05, 0.1) is 6.04 Å². The molecule has 0 spiro atoms. The van der Waals surface area contributed by atoms with Crippen LogP contribution < -0.4 is 5.32 Å². The Morgan fingerprint density at radius 2 is 1.90 bits per heavy atom. The minimum Gasteiger partial charge on any atom is -0.335 e. The number of hydrogen-bond donors (Lipinski definition) is 1. The minimum absolute atomic E-state index is 0.120. The van der Waals surface area contributed by atoms with Crippen molar-refractivity contribution in [1.29, 1.82) is 0 Å². The molecule has 0 radical (unpaired) electrons. The van der Waals surface area contributed by atoms with Crippen LogP contribution in [0.1, 0.15) is 44.4 Å². The molecule has 20 heavy (non-hydrogen) atoms. The number of imidazole rings is 1. The van der Waals surface area contributed by atoms with E-state index >= 15 is 0 Å². The minimum atomic E-state index is 0.120. The maximum Gasteiger partial charge on any atom is 0.145 e. The van der Waals surface area contributed by atoms with E-state index in [0.29, 0.717) is 0 Å². The first-order valence-corrected chi connectivity index (χ1v) is 7.35. The molecule has 0 saturated carbocycles. The van der Waals surface area contributed by atoms with Crippen molar-refractivity contribution in [1.82, 2.24) is 24.8 Å². The van der Waals surface area contributed by atoms with Crippen LogP contribution in [0, 0.1) is 0 Å². The Hall–Kier alpha value is -1.75. The smallest absolute Gasteiger partial charge is 0.145 e. The number of nitrogens with zero attached hydrogens (tertiary/aromatic N) is 4. The summed E-state index contributed by atoms with van der Waals surface area (Å²) in [7, 11) is 0. The maximum atomic E-state index is 4.48. The van der Waals surface area contributed by atoms with E-state index < -0.39 is 0 Å². The molecule has 0 saturated heterocycles. The monoisotopic (exact) mass is 273 g/mol. The predicted octanol–water partition coefficient (Wildman–Crippen LogP) is 2.37. The van der Waals surface area contributed by atoms with Crippen molar-refractivity contribution in [3.63, 3.8) is 0 Å². The zero-order valence-electron chi connectivity index (χ0n) is 12.3. The zero-order valence-corrected chi connectivity index (χ0v) is 12.3. The van der Waals surface area contributed by atoms with Crippen molar-refractivity contribution < 1.29 is 0 Å². The summed E-state index contributed by atoms with van der Waals surface area (Å²) in [5, 5.41) is 3.51. The Bertz CT molecular complexity index is 494. The fraction of sp³-hybridized carbons (Fsp3) is 0.533. The van der Waals surface area contributed by atoms with Crippen LogP contribution in [0.5, 0.6) is 0 Å². The molecule has 1 atom stereocenters. The average molecular weight is 273 g/mol. The molecule has 1 N–H and O–H groups in total. The second-order valence-corrected chi connectivity index (χ2v) is 4.85. The van der Waals surface area contributed by atoms with Gasteiger partial charge in [0, 0.05) is 37.8 Å². The number of rotatable bonds is 8. The highest BCUT2D eigenvalue weighted by atomic mass is 15.1. The number of nitrogens with one attached hydrogen (secondary N) is 1. The third-order valence-electron chi connectivity index (χ3n) is 3.19. The Labute approximate surface area is 120 Å². The molecule has 2 rings (SSSR count). The summed E-state index contributed by atoms with van der Waals surface area (Å²) in [6.07, 6.45) is 10.5. The molecular formula is C15H23N5. The number of hydrogen-bond acceptors (Lipinski definition) is 4. The van der Waals surface area contributed by atoms with Gasteiger partial charge in [-0.2, -0.15) is 0 Å². The normalized spacial score (nSPS) is 12.5. The summed E-state index contributed by atoms with van der Waals surface area (Å²) in [6, 6.07) is 1.97. The highest BCUT2D eigenvalue weighted by molar-refractivity contribution is 5.03. The van der Waals surface area contributed by atoms with E-state index in [1.54, 1.807) is 12.4 Å². The van der Waals surface area contributed by atoms with Crippen LogP contribution in [0.3, 0.4) is 0 Å². The van der Waals surface area contributed by atoms with Crippen LogP contribution in [0.2, 0.25) is 0 Å². The molecule has 0 aliphatic rings. The molecule has 2 aromatic heterocycles. The zero-order chi connectivity index (χ0) is 14.2. The summed E-state index contributed by atoms with van der Waals surface area (Å²) < 4.78 is 2.21. The van der Waals surface area contributed by atoms with E-state index in [-0.39, 0.29) is 6.04 Å². The van der Waals surface area contributed by atoms with Gasteiger partial charge in [0.25, 0.3) is 0 Å². The number of aromatic nitrogens is 4. The van der Waals surface area contributed by atoms with Gasteiger partial charge in [0.2, 0.25) is 0 Å². The van der Waals surface area contributed by atoms with E-state index in [4.69, 9.17) is 0 Å². The van der Waals surface area contributed by atoms with Crippen LogP contribution in [-0.4, -0.2) is 26.1 Å². The summed E-state index contributed by atoms with van der Waals surface area (Å²) in [5.41, 5.74) is 0. The average Bonchev–Trinajstić information content (AvgIpc) is 2.92.